The van der Waals surface area contributed by atoms with E-state index in [0.717, 1.165) is 51.4 Å². The van der Waals surface area contributed by atoms with Crippen LogP contribution in [0.1, 0.15) is 79.9 Å². The Kier molecular flexibility index (Phi) is 7.97. The zero-order valence-electron chi connectivity index (χ0n) is 19.4. The van der Waals surface area contributed by atoms with Gasteiger partial charge in [0.05, 0.1) is 25.9 Å². The highest BCUT2D eigenvalue weighted by Crippen LogP contribution is 2.40. The molecule has 2 aliphatic rings. The van der Waals surface area contributed by atoms with Crippen molar-refractivity contribution in [1.29, 1.82) is 0 Å². The van der Waals surface area contributed by atoms with Gasteiger partial charge < -0.3 is 14.2 Å². The summed E-state index contributed by atoms with van der Waals surface area (Å²) < 4.78 is 60.5. The molecule has 2 fully saturated rings. The van der Waals surface area contributed by atoms with Crippen molar-refractivity contribution in [2.24, 2.45) is 0 Å². The molecule has 0 unspecified atom stereocenters. The molecule has 0 heterocycles. The van der Waals surface area contributed by atoms with Crippen LogP contribution in [0.4, 0.5) is 13.2 Å². The lowest BCUT2D eigenvalue weighted by atomic mass is 9.79. The molecule has 2 aromatic carbocycles. The Bertz CT molecular complexity index is 932. The van der Waals surface area contributed by atoms with Gasteiger partial charge in [-0.3, -0.25) is 0 Å². The van der Waals surface area contributed by atoms with Gasteiger partial charge in [0.25, 0.3) is 0 Å². The predicted octanol–water partition coefficient (Wildman–Crippen LogP) is 7.03. The summed E-state index contributed by atoms with van der Waals surface area (Å²) in [5.74, 6) is -1.21. The van der Waals surface area contributed by atoms with E-state index in [1.165, 1.54) is 13.2 Å². The third-order valence-electron chi connectivity index (χ3n) is 7.44. The average Bonchev–Trinajstić information content (AvgIpc) is 2.85. The third kappa shape index (κ3) is 5.55. The Morgan fingerprint density at radius 2 is 1.27 bits per heavy atom. The van der Waals surface area contributed by atoms with Crippen LogP contribution in [0, 0.1) is 17.5 Å². The van der Waals surface area contributed by atoms with Gasteiger partial charge in [0.2, 0.25) is 0 Å². The number of hydrogen-bond acceptors (Lipinski definition) is 3. The predicted molar refractivity (Wildman–Crippen MR) is 121 cm³/mol. The van der Waals surface area contributed by atoms with E-state index in [1.54, 1.807) is 31.4 Å². The van der Waals surface area contributed by atoms with Crippen LogP contribution < -0.4 is 4.74 Å². The van der Waals surface area contributed by atoms with E-state index in [1.807, 2.05) is 0 Å². The maximum atomic E-state index is 15.0. The second-order valence-electron chi connectivity index (χ2n) is 9.32. The Hall–Kier alpha value is -2.05. The summed E-state index contributed by atoms with van der Waals surface area (Å²) in [5.41, 5.74) is 1.46. The topological polar surface area (TPSA) is 27.7 Å². The fourth-order valence-electron chi connectivity index (χ4n) is 5.34. The first-order valence-corrected chi connectivity index (χ1v) is 11.9. The monoisotopic (exact) mass is 462 g/mol. The van der Waals surface area contributed by atoms with Crippen molar-refractivity contribution in [2.75, 3.05) is 14.2 Å². The number of methoxy groups -OCH3 is 2. The minimum Gasteiger partial charge on any atom is -0.497 e. The molecule has 2 aromatic rings. The molecule has 0 N–H and O–H groups in total. The quantitative estimate of drug-likeness (QED) is 0.442. The van der Waals surface area contributed by atoms with E-state index < -0.39 is 11.6 Å². The highest BCUT2D eigenvalue weighted by molar-refractivity contribution is 5.32. The molecular formula is C27H33F3O3. The van der Waals surface area contributed by atoms with E-state index >= 15 is 4.39 Å². The molecule has 0 atom stereocenters. The van der Waals surface area contributed by atoms with Crippen LogP contribution in [0.2, 0.25) is 0 Å². The largest absolute Gasteiger partial charge is 0.497 e. The summed E-state index contributed by atoms with van der Waals surface area (Å²) >= 11 is 0. The SMILES string of the molecule is COc1ccc(COC2CCC(c3ccc(C4CCC(OC)CC4)c(F)c3F)CC2)c(F)c1. The zero-order chi connectivity index (χ0) is 23.4. The number of benzene rings is 2. The van der Waals surface area contributed by atoms with Crippen LogP contribution in [0.5, 0.6) is 5.75 Å². The number of ether oxygens (including phenoxy) is 3. The fraction of sp³-hybridized carbons (Fsp3) is 0.556. The minimum absolute atomic E-state index is 0.00842. The molecule has 0 amide bonds. The molecule has 3 nitrogen and oxygen atoms in total. The second-order valence-corrected chi connectivity index (χ2v) is 9.32. The van der Waals surface area contributed by atoms with Gasteiger partial charge in [0.1, 0.15) is 11.6 Å². The van der Waals surface area contributed by atoms with E-state index in [-0.39, 0.29) is 36.5 Å². The summed E-state index contributed by atoms with van der Waals surface area (Å²) in [7, 11) is 3.20. The van der Waals surface area contributed by atoms with Gasteiger partial charge in [-0.25, -0.2) is 13.2 Å². The Morgan fingerprint density at radius 1 is 0.727 bits per heavy atom. The van der Waals surface area contributed by atoms with Crippen molar-refractivity contribution in [3.63, 3.8) is 0 Å². The van der Waals surface area contributed by atoms with Gasteiger partial charge in [-0.2, -0.15) is 0 Å². The molecular weight excluding hydrogens is 429 g/mol. The first-order chi connectivity index (χ1) is 16.0. The van der Waals surface area contributed by atoms with Crippen molar-refractivity contribution >= 4 is 0 Å². The lowest BCUT2D eigenvalue weighted by Gasteiger charge is -2.30. The van der Waals surface area contributed by atoms with E-state index in [4.69, 9.17) is 14.2 Å². The van der Waals surface area contributed by atoms with Crippen LogP contribution in [0.15, 0.2) is 30.3 Å². The summed E-state index contributed by atoms with van der Waals surface area (Å²) in [5, 5.41) is 0. The first kappa shape index (κ1) is 24.1. The third-order valence-corrected chi connectivity index (χ3v) is 7.44. The molecule has 2 aliphatic carbocycles. The van der Waals surface area contributed by atoms with Gasteiger partial charge in [-0.1, -0.05) is 18.2 Å². The summed E-state index contributed by atoms with van der Waals surface area (Å²) in [6, 6.07) is 8.30. The zero-order valence-corrected chi connectivity index (χ0v) is 19.4. The maximum absolute atomic E-state index is 15.0. The van der Waals surface area contributed by atoms with E-state index in [9.17, 15) is 8.78 Å². The Labute approximate surface area is 194 Å². The number of rotatable bonds is 7. The summed E-state index contributed by atoms with van der Waals surface area (Å²) in [6.07, 6.45) is 6.57. The maximum Gasteiger partial charge on any atom is 0.162 e. The molecule has 0 aliphatic heterocycles. The Morgan fingerprint density at radius 3 is 1.76 bits per heavy atom. The van der Waals surface area contributed by atoms with Crippen molar-refractivity contribution in [1.82, 2.24) is 0 Å². The minimum atomic E-state index is -0.689. The standard InChI is InChI=1S/C27H33F3O3/c1-31-20-8-3-17(4-9-20)23-13-14-24(27(30)26(23)29)18-5-10-21(11-6-18)33-16-19-7-12-22(32-2)15-25(19)28/h7,12-15,17-18,20-21H,3-6,8-11,16H2,1-2H3. The van der Waals surface area contributed by atoms with Crippen LogP contribution in [0.3, 0.4) is 0 Å². The van der Waals surface area contributed by atoms with E-state index in [2.05, 4.69) is 0 Å². The molecule has 0 saturated heterocycles. The lowest BCUT2D eigenvalue weighted by Crippen LogP contribution is -2.22. The number of hydrogen-bond donors (Lipinski definition) is 0. The smallest absolute Gasteiger partial charge is 0.162 e. The van der Waals surface area contributed by atoms with Crippen LogP contribution >= 0.6 is 0 Å². The highest BCUT2D eigenvalue weighted by atomic mass is 19.2. The van der Waals surface area contributed by atoms with Gasteiger partial charge in [-0.05, 0) is 80.4 Å². The molecule has 6 heteroatoms. The number of halogens is 3. The normalized spacial score (nSPS) is 25.7. The molecule has 0 aromatic heterocycles. The molecule has 4 rings (SSSR count). The molecule has 0 radical (unpaired) electrons. The fourth-order valence-corrected chi connectivity index (χ4v) is 5.34. The second kappa shape index (κ2) is 10.9. The van der Waals surface area contributed by atoms with Crippen molar-refractivity contribution in [3.8, 4) is 5.75 Å². The van der Waals surface area contributed by atoms with Crippen LogP contribution in [0.25, 0.3) is 0 Å². The molecule has 2 saturated carbocycles. The van der Waals surface area contributed by atoms with Crippen LogP contribution in [-0.4, -0.2) is 26.4 Å². The first-order valence-electron chi connectivity index (χ1n) is 11.9. The molecule has 180 valence electrons. The van der Waals surface area contributed by atoms with Crippen molar-refractivity contribution in [2.45, 2.75) is 82.0 Å². The van der Waals surface area contributed by atoms with Gasteiger partial charge in [0, 0.05) is 18.7 Å². The van der Waals surface area contributed by atoms with Gasteiger partial charge in [-0.15, -0.1) is 0 Å². The van der Waals surface area contributed by atoms with Crippen molar-refractivity contribution < 1.29 is 27.4 Å². The highest BCUT2D eigenvalue weighted by Gasteiger charge is 2.30. The van der Waals surface area contributed by atoms with E-state index in [0.29, 0.717) is 22.4 Å². The Balaban J connectivity index is 1.32. The molecule has 0 spiro atoms. The summed E-state index contributed by atoms with van der Waals surface area (Å²) in [4.78, 5) is 0. The molecule has 0 bridgehead atoms. The van der Waals surface area contributed by atoms with Gasteiger partial charge in [0.15, 0.2) is 11.6 Å². The lowest BCUT2D eigenvalue weighted by molar-refractivity contribution is 0.0118. The molecule has 33 heavy (non-hydrogen) atoms. The average molecular weight is 463 g/mol. The van der Waals surface area contributed by atoms with Gasteiger partial charge >= 0.3 is 0 Å². The van der Waals surface area contributed by atoms with Crippen molar-refractivity contribution in [3.05, 3.63) is 64.5 Å². The summed E-state index contributed by atoms with van der Waals surface area (Å²) in [6.45, 7) is 0.189. The van der Waals surface area contributed by atoms with Crippen LogP contribution in [-0.2, 0) is 16.1 Å².